The molecule has 0 atom stereocenters. The average molecular weight is 335 g/mol. The van der Waals surface area contributed by atoms with E-state index >= 15 is 0 Å². The van der Waals surface area contributed by atoms with Gasteiger partial charge in [0, 0.05) is 12.6 Å². The van der Waals surface area contributed by atoms with Crippen LogP contribution in [0.25, 0.3) is 17.1 Å². The minimum absolute atomic E-state index is 0.106. The quantitative estimate of drug-likeness (QED) is 0.773. The lowest BCUT2D eigenvalue weighted by molar-refractivity contribution is -0.142. The Bertz CT molecular complexity index is 867. The third kappa shape index (κ3) is 2.75. The maximum atomic E-state index is 13.4. The fourth-order valence-electron chi connectivity index (χ4n) is 2.23. The van der Waals surface area contributed by atoms with Crippen molar-refractivity contribution in [3.05, 3.63) is 54.1 Å². The van der Waals surface area contributed by atoms with Gasteiger partial charge in [-0.1, -0.05) is 30.3 Å². The Balaban J connectivity index is 2.19. The summed E-state index contributed by atoms with van der Waals surface area (Å²) in [6, 6.07) is 9.38. The van der Waals surface area contributed by atoms with Crippen molar-refractivity contribution in [2.75, 3.05) is 7.05 Å². The summed E-state index contributed by atoms with van der Waals surface area (Å²) in [6.45, 7) is 0. The Labute approximate surface area is 134 Å². The van der Waals surface area contributed by atoms with Crippen LogP contribution < -0.4 is 5.32 Å². The van der Waals surface area contributed by atoms with Gasteiger partial charge >= 0.3 is 6.18 Å². The summed E-state index contributed by atoms with van der Waals surface area (Å²) in [5, 5.41) is 6.34. The van der Waals surface area contributed by atoms with Gasteiger partial charge in [0.2, 0.25) is 0 Å². The zero-order chi connectivity index (χ0) is 17.3. The second-order valence-electron chi connectivity index (χ2n) is 4.87. The molecule has 0 bridgehead atoms. The van der Waals surface area contributed by atoms with E-state index in [0.29, 0.717) is 10.2 Å². The molecule has 1 amide bonds. The van der Waals surface area contributed by atoms with E-state index < -0.39 is 17.8 Å². The van der Waals surface area contributed by atoms with E-state index in [2.05, 4.69) is 20.4 Å². The number of nitrogens with one attached hydrogen (secondary N) is 2. The standard InChI is InChI=1S/C15H12F3N5O/c1-19-14(24)12-13(21-8-20-12)23-11(15(16,17)18)7-10(22-23)9-5-3-2-4-6-9/h2-8H,1H3,(H,19,24)(H,20,21). The zero-order valence-electron chi connectivity index (χ0n) is 12.4. The molecule has 0 saturated heterocycles. The van der Waals surface area contributed by atoms with Crippen LogP contribution in [0.1, 0.15) is 16.2 Å². The molecular formula is C15H12F3N5O. The first-order valence-electron chi connectivity index (χ1n) is 6.90. The number of alkyl halides is 3. The molecule has 2 aromatic heterocycles. The number of aromatic nitrogens is 4. The number of H-pyrrole nitrogens is 1. The first-order valence-corrected chi connectivity index (χ1v) is 6.90. The van der Waals surface area contributed by atoms with Gasteiger partial charge in [0.1, 0.15) is 0 Å². The first-order chi connectivity index (χ1) is 11.4. The molecular weight excluding hydrogens is 323 g/mol. The van der Waals surface area contributed by atoms with Crippen molar-refractivity contribution in [1.29, 1.82) is 0 Å². The Morgan fingerprint density at radius 1 is 1.25 bits per heavy atom. The molecule has 0 unspecified atom stereocenters. The normalized spacial score (nSPS) is 11.5. The maximum Gasteiger partial charge on any atom is 0.433 e. The summed E-state index contributed by atoms with van der Waals surface area (Å²) in [7, 11) is 1.37. The molecule has 3 rings (SSSR count). The van der Waals surface area contributed by atoms with E-state index in [1.807, 2.05) is 0 Å². The van der Waals surface area contributed by atoms with Crippen LogP contribution in [0.2, 0.25) is 0 Å². The van der Waals surface area contributed by atoms with Gasteiger partial charge in [-0.15, -0.1) is 0 Å². The zero-order valence-corrected chi connectivity index (χ0v) is 12.4. The summed E-state index contributed by atoms with van der Waals surface area (Å²) in [5.41, 5.74) is -0.461. The third-order valence-electron chi connectivity index (χ3n) is 3.34. The van der Waals surface area contributed by atoms with E-state index in [4.69, 9.17) is 0 Å². The lowest BCUT2D eigenvalue weighted by atomic mass is 10.1. The Morgan fingerprint density at radius 3 is 2.58 bits per heavy atom. The largest absolute Gasteiger partial charge is 0.433 e. The SMILES string of the molecule is CNC(=O)c1[nH]cnc1-n1nc(-c2ccccc2)cc1C(F)(F)F. The molecule has 0 radical (unpaired) electrons. The summed E-state index contributed by atoms with van der Waals surface area (Å²) in [5.74, 6) is -0.809. The second kappa shape index (κ2) is 5.84. The van der Waals surface area contributed by atoms with E-state index in [1.54, 1.807) is 30.3 Å². The van der Waals surface area contributed by atoms with Crippen molar-refractivity contribution in [2.24, 2.45) is 0 Å². The molecule has 6 nitrogen and oxygen atoms in total. The summed E-state index contributed by atoms with van der Waals surface area (Å²) >= 11 is 0. The van der Waals surface area contributed by atoms with Crippen LogP contribution in [0, 0.1) is 0 Å². The second-order valence-corrected chi connectivity index (χ2v) is 4.87. The molecule has 0 aliphatic carbocycles. The van der Waals surface area contributed by atoms with Crippen LogP contribution >= 0.6 is 0 Å². The Morgan fingerprint density at radius 2 is 1.96 bits per heavy atom. The van der Waals surface area contributed by atoms with Crippen LogP contribution in [-0.2, 0) is 6.18 Å². The third-order valence-corrected chi connectivity index (χ3v) is 3.34. The van der Waals surface area contributed by atoms with Gasteiger partial charge in [0.05, 0.1) is 12.0 Å². The molecule has 0 fully saturated rings. The fraction of sp³-hybridized carbons (Fsp3) is 0.133. The molecule has 2 heterocycles. The molecule has 1 aromatic carbocycles. The van der Waals surface area contributed by atoms with Crippen molar-refractivity contribution < 1.29 is 18.0 Å². The number of imidazole rings is 1. The molecule has 2 N–H and O–H groups in total. The number of amides is 1. The van der Waals surface area contributed by atoms with Crippen LogP contribution in [0.3, 0.4) is 0 Å². The van der Waals surface area contributed by atoms with Gasteiger partial charge in [0.25, 0.3) is 5.91 Å². The molecule has 0 saturated carbocycles. The van der Waals surface area contributed by atoms with Gasteiger partial charge in [-0.05, 0) is 6.07 Å². The van der Waals surface area contributed by atoms with Crippen LogP contribution in [0.4, 0.5) is 13.2 Å². The highest BCUT2D eigenvalue weighted by Crippen LogP contribution is 2.34. The van der Waals surface area contributed by atoms with E-state index in [0.717, 1.165) is 12.4 Å². The predicted octanol–water partition coefficient (Wildman–Crippen LogP) is 2.64. The molecule has 3 aromatic rings. The van der Waals surface area contributed by atoms with Gasteiger partial charge in [0.15, 0.2) is 17.2 Å². The van der Waals surface area contributed by atoms with Gasteiger partial charge < -0.3 is 10.3 Å². The molecule has 0 aliphatic heterocycles. The number of halogens is 3. The summed E-state index contributed by atoms with van der Waals surface area (Å²) < 4.78 is 40.8. The lowest BCUT2D eigenvalue weighted by Gasteiger charge is -2.09. The van der Waals surface area contributed by atoms with Crippen LogP contribution in [0.15, 0.2) is 42.7 Å². The van der Waals surface area contributed by atoms with Crippen molar-refractivity contribution in [3.8, 4) is 17.1 Å². The maximum absolute atomic E-state index is 13.4. The first kappa shape index (κ1) is 15.8. The highest BCUT2D eigenvalue weighted by Gasteiger charge is 2.37. The van der Waals surface area contributed by atoms with Gasteiger partial charge in [-0.2, -0.15) is 18.3 Å². The number of carbonyl (C=O) groups excluding carboxylic acids is 1. The topological polar surface area (TPSA) is 75.6 Å². The fourth-order valence-corrected chi connectivity index (χ4v) is 2.23. The minimum atomic E-state index is -4.65. The highest BCUT2D eigenvalue weighted by molar-refractivity contribution is 5.95. The molecule has 9 heteroatoms. The smallest absolute Gasteiger partial charge is 0.354 e. The van der Waals surface area contributed by atoms with Crippen LogP contribution in [0.5, 0.6) is 0 Å². The number of aromatic amines is 1. The van der Waals surface area contributed by atoms with Gasteiger partial charge in [-0.3, -0.25) is 4.79 Å². The molecule has 24 heavy (non-hydrogen) atoms. The van der Waals surface area contributed by atoms with Gasteiger partial charge in [-0.25, -0.2) is 9.67 Å². The predicted molar refractivity (Wildman–Crippen MR) is 79.5 cm³/mol. The Kier molecular flexibility index (Phi) is 3.84. The number of rotatable bonds is 3. The number of carbonyl (C=O) groups is 1. The lowest BCUT2D eigenvalue weighted by Crippen LogP contribution is -2.22. The van der Waals surface area contributed by atoms with Crippen molar-refractivity contribution in [2.45, 2.75) is 6.18 Å². The number of hydrogen-bond donors (Lipinski definition) is 2. The van der Waals surface area contributed by atoms with E-state index in [1.165, 1.54) is 7.05 Å². The van der Waals surface area contributed by atoms with E-state index in [-0.39, 0.29) is 17.2 Å². The van der Waals surface area contributed by atoms with Crippen LogP contribution in [-0.4, -0.2) is 32.7 Å². The Hall–Kier alpha value is -3.10. The number of hydrogen-bond acceptors (Lipinski definition) is 3. The molecule has 124 valence electrons. The van der Waals surface area contributed by atoms with Crippen molar-refractivity contribution in [3.63, 3.8) is 0 Å². The average Bonchev–Trinajstić information content (AvgIpc) is 3.21. The highest BCUT2D eigenvalue weighted by atomic mass is 19.4. The minimum Gasteiger partial charge on any atom is -0.354 e. The number of nitrogens with zero attached hydrogens (tertiary/aromatic N) is 3. The monoisotopic (exact) mass is 335 g/mol. The molecule has 0 aliphatic rings. The summed E-state index contributed by atoms with van der Waals surface area (Å²) in [4.78, 5) is 18.2. The van der Waals surface area contributed by atoms with Crippen molar-refractivity contribution in [1.82, 2.24) is 25.1 Å². The van der Waals surface area contributed by atoms with E-state index in [9.17, 15) is 18.0 Å². The summed E-state index contributed by atoms with van der Waals surface area (Å²) in [6.07, 6.45) is -3.51. The number of benzene rings is 1. The molecule has 0 spiro atoms. The van der Waals surface area contributed by atoms with Crippen molar-refractivity contribution >= 4 is 5.91 Å².